The van der Waals surface area contributed by atoms with Crippen molar-refractivity contribution in [2.24, 2.45) is 11.8 Å². The second-order valence-electron chi connectivity index (χ2n) is 14.2. The third kappa shape index (κ3) is 35.5. The molecule has 298 valence electrons. The van der Waals surface area contributed by atoms with E-state index in [-0.39, 0.29) is 19.4 Å². The van der Waals surface area contributed by atoms with Crippen LogP contribution in [0.2, 0.25) is 0 Å². The standard InChI is InChI=1S/C35H70O13P2/c1-30(2)22-18-14-10-8-6-5-7-9-11-17-21-25-35(38)48-33(28-44-34(37)24-20-16-13-12-15-19-23-31(3)4)29-47-50(42,43)46-27-32(36)26-45-49(39,40)41/h30-33,36H,5-29H2,1-4H3,(H,42,43)(H2,39,40,41)/t32-,33+/m0/s1. The van der Waals surface area contributed by atoms with Crippen LogP contribution in [0.3, 0.4) is 0 Å². The van der Waals surface area contributed by atoms with Crippen LogP contribution in [0.4, 0.5) is 0 Å². The number of esters is 2. The number of hydrogen-bond donors (Lipinski definition) is 4. The Bertz CT molecular complexity index is 942. The minimum absolute atomic E-state index is 0.136. The molecular weight excluding hydrogens is 690 g/mol. The van der Waals surface area contributed by atoms with Crippen molar-refractivity contribution in [3.8, 4) is 0 Å². The number of carbonyl (C=O) groups excluding carboxylic acids is 2. The van der Waals surface area contributed by atoms with Crippen molar-refractivity contribution in [2.45, 2.75) is 175 Å². The van der Waals surface area contributed by atoms with E-state index >= 15 is 0 Å². The Hall–Kier alpha value is -0.880. The van der Waals surface area contributed by atoms with Gasteiger partial charge in [-0.2, -0.15) is 0 Å². The summed E-state index contributed by atoms with van der Waals surface area (Å²) in [5.41, 5.74) is 0. The molecule has 1 unspecified atom stereocenters. The molecule has 0 aliphatic carbocycles. The lowest BCUT2D eigenvalue weighted by Gasteiger charge is -2.20. The maximum atomic E-state index is 12.6. The second kappa shape index (κ2) is 30.6. The summed E-state index contributed by atoms with van der Waals surface area (Å²) >= 11 is 0. The van der Waals surface area contributed by atoms with Gasteiger partial charge < -0.3 is 29.3 Å². The average Bonchev–Trinajstić information content (AvgIpc) is 3.03. The molecule has 0 aromatic heterocycles. The van der Waals surface area contributed by atoms with Gasteiger partial charge in [-0.05, 0) is 24.7 Å². The van der Waals surface area contributed by atoms with Crippen LogP contribution >= 0.6 is 15.6 Å². The maximum Gasteiger partial charge on any atom is 0.472 e. The number of carbonyl (C=O) groups is 2. The van der Waals surface area contributed by atoms with Gasteiger partial charge in [0.2, 0.25) is 0 Å². The highest BCUT2D eigenvalue weighted by Crippen LogP contribution is 2.43. The zero-order chi connectivity index (χ0) is 37.7. The second-order valence-corrected chi connectivity index (χ2v) is 16.9. The van der Waals surface area contributed by atoms with Gasteiger partial charge in [-0.15, -0.1) is 0 Å². The lowest BCUT2D eigenvalue weighted by Crippen LogP contribution is -2.30. The minimum Gasteiger partial charge on any atom is -0.462 e. The number of unbranched alkanes of at least 4 members (excludes halogenated alkanes) is 15. The fraction of sp³-hybridized carbons (Fsp3) is 0.943. The van der Waals surface area contributed by atoms with Crippen LogP contribution in [0.1, 0.15) is 163 Å². The Morgan fingerprint density at radius 3 is 1.34 bits per heavy atom. The zero-order valence-corrected chi connectivity index (χ0v) is 33.1. The number of phosphoric ester groups is 2. The number of phosphoric acid groups is 2. The van der Waals surface area contributed by atoms with E-state index in [0.717, 1.165) is 44.4 Å². The molecule has 0 radical (unpaired) electrons. The number of hydrogen-bond acceptors (Lipinski definition) is 10. The molecule has 0 fully saturated rings. The van der Waals surface area contributed by atoms with Crippen LogP contribution in [-0.2, 0) is 41.8 Å². The molecule has 0 heterocycles. The van der Waals surface area contributed by atoms with Crippen LogP contribution in [0, 0.1) is 11.8 Å². The summed E-state index contributed by atoms with van der Waals surface area (Å²) in [6, 6.07) is 0. The molecule has 0 aromatic carbocycles. The molecule has 3 atom stereocenters. The molecule has 13 nitrogen and oxygen atoms in total. The summed E-state index contributed by atoms with van der Waals surface area (Å²) in [7, 11) is -9.64. The molecule has 0 bridgehead atoms. The molecule has 0 saturated heterocycles. The predicted octanol–water partition coefficient (Wildman–Crippen LogP) is 8.55. The third-order valence-electron chi connectivity index (χ3n) is 8.09. The first-order valence-corrected chi connectivity index (χ1v) is 22.0. The van der Waals surface area contributed by atoms with Crippen molar-refractivity contribution in [3.05, 3.63) is 0 Å². The number of ether oxygens (including phenoxy) is 2. The molecule has 0 saturated carbocycles. The molecular formula is C35H70O13P2. The smallest absolute Gasteiger partial charge is 0.462 e. The molecule has 0 spiro atoms. The normalized spacial score (nSPS) is 14.5. The molecule has 0 rings (SSSR count). The summed E-state index contributed by atoms with van der Waals surface area (Å²) < 4.78 is 47.5. The maximum absolute atomic E-state index is 12.6. The summed E-state index contributed by atoms with van der Waals surface area (Å²) in [5.74, 6) is 0.455. The van der Waals surface area contributed by atoms with Gasteiger partial charge in [-0.1, -0.05) is 137 Å². The van der Waals surface area contributed by atoms with Crippen molar-refractivity contribution in [1.29, 1.82) is 0 Å². The average molecular weight is 761 g/mol. The topological polar surface area (TPSA) is 195 Å². The monoisotopic (exact) mass is 760 g/mol. The molecule has 0 aliphatic heterocycles. The highest BCUT2D eigenvalue weighted by molar-refractivity contribution is 7.47. The fourth-order valence-electron chi connectivity index (χ4n) is 5.19. The minimum atomic E-state index is -4.85. The van der Waals surface area contributed by atoms with Crippen molar-refractivity contribution < 1.29 is 61.6 Å². The van der Waals surface area contributed by atoms with Crippen molar-refractivity contribution in [2.75, 3.05) is 26.4 Å². The largest absolute Gasteiger partial charge is 0.472 e. The summed E-state index contributed by atoms with van der Waals surface area (Å²) in [4.78, 5) is 52.3. The summed E-state index contributed by atoms with van der Waals surface area (Å²) in [5, 5.41) is 9.70. The SMILES string of the molecule is CC(C)CCCCCCCCCCCCCC(=O)O[C@H](COC(=O)CCCCCCCCC(C)C)COP(=O)(O)OC[C@@H](O)COP(=O)(O)O. The Labute approximate surface area is 301 Å². The van der Waals surface area contributed by atoms with Gasteiger partial charge in [0.1, 0.15) is 12.7 Å². The van der Waals surface area contributed by atoms with E-state index in [0.29, 0.717) is 18.8 Å². The van der Waals surface area contributed by atoms with Gasteiger partial charge in [0.25, 0.3) is 0 Å². The van der Waals surface area contributed by atoms with Crippen LogP contribution < -0.4 is 0 Å². The van der Waals surface area contributed by atoms with E-state index in [2.05, 4.69) is 36.7 Å². The Morgan fingerprint density at radius 2 is 0.900 bits per heavy atom. The van der Waals surface area contributed by atoms with Gasteiger partial charge in [0.05, 0.1) is 19.8 Å². The van der Waals surface area contributed by atoms with E-state index in [4.69, 9.17) is 23.8 Å². The Balaban J connectivity index is 4.56. The number of aliphatic hydroxyl groups excluding tert-OH is 1. The summed E-state index contributed by atoms with van der Waals surface area (Å²) in [6.07, 6.45) is 18.7. The van der Waals surface area contributed by atoms with Crippen LogP contribution in [0.25, 0.3) is 0 Å². The Morgan fingerprint density at radius 1 is 0.520 bits per heavy atom. The Kier molecular flexibility index (Phi) is 30.0. The van der Waals surface area contributed by atoms with Gasteiger partial charge in [0.15, 0.2) is 6.10 Å². The van der Waals surface area contributed by atoms with Gasteiger partial charge in [-0.25, -0.2) is 9.13 Å². The molecule has 0 amide bonds. The van der Waals surface area contributed by atoms with Crippen molar-refractivity contribution >= 4 is 27.6 Å². The molecule has 50 heavy (non-hydrogen) atoms. The first-order chi connectivity index (χ1) is 23.6. The quantitative estimate of drug-likeness (QED) is 0.0273. The van der Waals surface area contributed by atoms with Crippen LogP contribution in [0.15, 0.2) is 0 Å². The fourth-order valence-corrected chi connectivity index (χ4v) is 6.34. The van der Waals surface area contributed by atoms with Crippen molar-refractivity contribution in [3.63, 3.8) is 0 Å². The van der Waals surface area contributed by atoms with Crippen molar-refractivity contribution in [1.82, 2.24) is 0 Å². The van der Waals surface area contributed by atoms with E-state index in [1.165, 1.54) is 70.6 Å². The first-order valence-electron chi connectivity index (χ1n) is 18.9. The number of aliphatic hydroxyl groups is 1. The summed E-state index contributed by atoms with van der Waals surface area (Å²) in [6.45, 7) is 6.27. The molecule has 0 aliphatic rings. The predicted molar refractivity (Wildman–Crippen MR) is 193 cm³/mol. The molecule has 0 aromatic rings. The highest BCUT2D eigenvalue weighted by Gasteiger charge is 2.28. The van der Waals surface area contributed by atoms with Gasteiger partial charge in [0, 0.05) is 12.8 Å². The molecule has 4 N–H and O–H groups in total. The molecule has 15 heteroatoms. The lowest BCUT2D eigenvalue weighted by atomic mass is 10.0. The van der Waals surface area contributed by atoms with Crippen LogP contribution in [-0.4, -0.2) is 70.4 Å². The van der Waals surface area contributed by atoms with Crippen LogP contribution in [0.5, 0.6) is 0 Å². The highest BCUT2D eigenvalue weighted by atomic mass is 31.2. The van der Waals surface area contributed by atoms with Gasteiger partial charge in [-0.3, -0.25) is 23.2 Å². The van der Waals surface area contributed by atoms with E-state index in [9.17, 15) is 28.7 Å². The lowest BCUT2D eigenvalue weighted by molar-refractivity contribution is -0.161. The van der Waals surface area contributed by atoms with E-state index in [1.54, 1.807) is 0 Å². The van der Waals surface area contributed by atoms with E-state index in [1.807, 2.05) is 0 Å². The van der Waals surface area contributed by atoms with E-state index < -0.39 is 59.6 Å². The number of rotatable bonds is 35. The first kappa shape index (κ1) is 49.1. The van der Waals surface area contributed by atoms with Gasteiger partial charge >= 0.3 is 27.6 Å². The zero-order valence-electron chi connectivity index (χ0n) is 31.3. The third-order valence-corrected chi connectivity index (χ3v) is 9.53.